The Labute approximate surface area is 119 Å². The molecule has 0 fully saturated rings. The number of aldehydes is 1. The van der Waals surface area contributed by atoms with Crippen LogP contribution in [-0.2, 0) is 0 Å². The van der Waals surface area contributed by atoms with Crippen molar-refractivity contribution in [2.75, 3.05) is 0 Å². The van der Waals surface area contributed by atoms with Crippen molar-refractivity contribution in [3.05, 3.63) is 27.7 Å². The molecule has 0 unspecified atom stereocenters. The molecule has 0 aliphatic heterocycles. The first kappa shape index (κ1) is 15.4. The first-order valence-corrected chi connectivity index (χ1v) is 9.73. The molecule has 1 aromatic rings. The van der Waals surface area contributed by atoms with Gasteiger partial charge in [0, 0.05) is 0 Å². The quantitative estimate of drug-likeness (QED) is 0.579. The minimum Gasteiger partial charge on any atom is -0.542 e. The van der Waals surface area contributed by atoms with E-state index in [9.17, 15) is 4.79 Å². The van der Waals surface area contributed by atoms with E-state index in [1.54, 1.807) is 0 Å². The van der Waals surface area contributed by atoms with Crippen molar-refractivity contribution in [2.24, 2.45) is 0 Å². The van der Waals surface area contributed by atoms with E-state index in [1.165, 1.54) is 0 Å². The van der Waals surface area contributed by atoms with Crippen LogP contribution < -0.4 is 4.43 Å². The first-order valence-electron chi connectivity index (χ1n) is 6.03. The molecule has 0 atom stereocenters. The number of aryl methyl sites for hydroxylation is 1. The lowest BCUT2D eigenvalue weighted by Crippen LogP contribution is -2.44. The average molecular weight is 329 g/mol. The lowest BCUT2D eigenvalue weighted by molar-refractivity contribution is 0.112. The van der Waals surface area contributed by atoms with Gasteiger partial charge in [-0.15, -0.1) is 0 Å². The van der Waals surface area contributed by atoms with Crippen LogP contribution in [0.15, 0.2) is 16.6 Å². The maximum atomic E-state index is 11.3. The highest BCUT2D eigenvalue weighted by Crippen LogP contribution is 2.40. The van der Waals surface area contributed by atoms with Gasteiger partial charge in [-0.05, 0) is 52.6 Å². The number of hydrogen-bond acceptors (Lipinski definition) is 2. The number of benzene rings is 1. The molecule has 0 aliphatic carbocycles. The molecule has 0 saturated carbocycles. The lowest BCUT2D eigenvalue weighted by atomic mass is 10.1. The third-order valence-corrected chi connectivity index (χ3v) is 8.60. The molecule has 1 rings (SSSR count). The summed E-state index contributed by atoms with van der Waals surface area (Å²) in [6, 6.07) is 3.86. The number of carbonyl (C=O) groups excluding carboxylic acids is 1. The van der Waals surface area contributed by atoms with Crippen LogP contribution in [0.4, 0.5) is 0 Å². The average Bonchev–Trinajstić information content (AvgIpc) is 2.22. The Bertz CT molecular complexity index is 462. The molecule has 0 N–H and O–H groups in total. The zero-order valence-electron chi connectivity index (χ0n) is 11.9. The molecule has 0 amide bonds. The Morgan fingerprint density at radius 3 is 2.28 bits per heavy atom. The van der Waals surface area contributed by atoms with E-state index in [1.807, 2.05) is 19.1 Å². The van der Waals surface area contributed by atoms with E-state index in [-0.39, 0.29) is 5.04 Å². The summed E-state index contributed by atoms with van der Waals surface area (Å²) in [5.41, 5.74) is 1.59. The van der Waals surface area contributed by atoms with E-state index in [0.717, 1.165) is 16.3 Å². The summed E-state index contributed by atoms with van der Waals surface area (Å²) >= 11 is 3.48. The monoisotopic (exact) mass is 328 g/mol. The Morgan fingerprint density at radius 2 is 1.83 bits per heavy atom. The Balaban J connectivity index is 3.27. The van der Waals surface area contributed by atoms with Crippen molar-refractivity contribution >= 4 is 30.5 Å². The van der Waals surface area contributed by atoms with Gasteiger partial charge in [0.15, 0.2) is 6.29 Å². The SMILES string of the molecule is Cc1ccc(Br)c(O[Si](C)(C)C(C)(C)C)c1C=O. The molecule has 100 valence electrons. The Kier molecular flexibility index (Phi) is 4.44. The molecule has 18 heavy (non-hydrogen) atoms. The van der Waals surface area contributed by atoms with Crippen LogP contribution in [0.5, 0.6) is 5.75 Å². The third-order valence-electron chi connectivity index (χ3n) is 3.65. The van der Waals surface area contributed by atoms with E-state index >= 15 is 0 Å². The minimum atomic E-state index is -1.94. The molecule has 2 nitrogen and oxygen atoms in total. The van der Waals surface area contributed by atoms with Crippen LogP contribution in [0.2, 0.25) is 18.1 Å². The molecule has 0 bridgehead atoms. The number of carbonyl (C=O) groups is 1. The molecular formula is C14H21BrO2Si. The van der Waals surface area contributed by atoms with E-state index in [2.05, 4.69) is 49.8 Å². The fraction of sp³-hybridized carbons (Fsp3) is 0.500. The van der Waals surface area contributed by atoms with Crippen molar-refractivity contribution < 1.29 is 9.22 Å². The van der Waals surface area contributed by atoms with Crippen LogP contribution >= 0.6 is 15.9 Å². The van der Waals surface area contributed by atoms with Gasteiger partial charge in [0.2, 0.25) is 0 Å². The second kappa shape index (κ2) is 5.17. The van der Waals surface area contributed by atoms with Gasteiger partial charge in [0.1, 0.15) is 5.75 Å². The van der Waals surface area contributed by atoms with Gasteiger partial charge in [0.05, 0.1) is 10.0 Å². The minimum absolute atomic E-state index is 0.107. The van der Waals surface area contributed by atoms with E-state index in [0.29, 0.717) is 11.3 Å². The zero-order chi connectivity index (χ0) is 14.1. The number of rotatable bonds is 3. The smallest absolute Gasteiger partial charge is 0.250 e. The van der Waals surface area contributed by atoms with Crippen LogP contribution in [0.3, 0.4) is 0 Å². The topological polar surface area (TPSA) is 26.3 Å². The summed E-state index contributed by atoms with van der Waals surface area (Å²) in [5.74, 6) is 0.691. The van der Waals surface area contributed by atoms with Crippen molar-refractivity contribution in [1.29, 1.82) is 0 Å². The second-order valence-corrected chi connectivity index (χ2v) is 11.7. The molecular weight excluding hydrogens is 308 g/mol. The highest BCUT2D eigenvalue weighted by Gasteiger charge is 2.39. The summed E-state index contributed by atoms with van der Waals surface area (Å²) in [7, 11) is -1.94. The van der Waals surface area contributed by atoms with Gasteiger partial charge >= 0.3 is 0 Å². The van der Waals surface area contributed by atoms with Crippen molar-refractivity contribution in [1.82, 2.24) is 0 Å². The fourth-order valence-electron chi connectivity index (χ4n) is 1.33. The van der Waals surface area contributed by atoms with E-state index < -0.39 is 8.32 Å². The maximum Gasteiger partial charge on any atom is 0.250 e. The largest absolute Gasteiger partial charge is 0.542 e. The highest BCUT2D eigenvalue weighted by atomic mass is 79.9. The van der Waals surface area contributed by atoms with Crippen LogP contribution in [-0.4, -0.2) is 14.6 Å². The van der Waals surface area contributed by atoms with Crippen LogP contribution in [0.1, 0.15) is 36.7 Å². The number of hydrogen-bond donors (Lipinski definition) is 0. The normalized spacial score (nSPS) is 12.4. The fourth-order valence-corrected chi connectivity index (χ4v) is 2.94. The van der Waals surface area contributed by atoms with Crippen LogP contribution in [0, 0.1) is 6.92 Å². The predicted molar refractivity (Wildman–Crippen MR) is 82.1 cm³/mol. The second-order valence-electron chi connectivity index (χ2n) is 6.09. The van der Waals surface area contributed by atoms with Crippen molar-refractivity contribution in [3.8, 4) is 5.75 Å². The Morgan fingerprint density at radius 1 is 1.28 bits per heavy atom. The molecule has 4 heteroatoms. The standard InChI is InChI=1S/C14H21BrO2Si/c1-10-7-8-12(15)13(11(10)9-16)17-18(5,6)14(2,3)4/h7-9H,1-6H3. The van der Waals surface area contributed by atoms with Gasteiger partial charge in [-0.2, -0.15) is 0 Å². The van der Waals surface area contributed by atoms with Gasteiger partial charge in [-0.25, -0.2) is 0 Å². The molecule has 0 saturated heterocycles. The molecule has 0 aromatic heterocycles. The molecule has 0 radical (unpaired) electrons. The highest BCUT2D eigenvalue weighted by molar-refractivity contribution is 9.10. The van der Waals surface area contributed by atoms with E-state index in [4.69, 9.17) is 4.43 Å². The maximum absolute atomic E-state index is 11.3. The predicted octanol–water partition coefficient (Wildman–Crippen LogP) is 4.95. The third kappa shape index (κ3) is 3.04. The molecule has 0 spiro atoms. The lowest BCUT2D eigenvalue weighted by Gasteiger charge is -2.37. The van der Waals surface area contributed by atoms with Crippen molar-refractivity contribution in [3.63, 3.8) is 0 Å². The summed E-state index contributed by atoms with van der Waals surface area (Å²) in [5, 5.41) is 0.107. The summed E-state index contributed by atoms with van der Waals surface area (Å²) in [6.07, 6.45) is 0.878. The van der Waals surface area contributed by atoms with Gasteiger partial charge in [0.25, 0.3) is 8.32 Å². The summed E-state index contributed by atoms with van der Waals surface area (Å²) in [4.78, 5) is 11.3. The molecule has 0 heterocycles. The van der Waals surface area contributed by atoms with Gasteiger partial charge in [-0.3, -0.25) is 4.79 Å². The number of halogens is 1. The summed E-state index contributed by atoms with van der Waals surface area (Å²) < 4.78 is 7.11. The van der Waals surface area contributed by atoms with Crippen LogP contribution in [0.25, 0.3) is 0 Å². The zero-order valence-corrected chi connectivity index (χ0v) is 14.5. The van der Waals surface area contributed by atoms with Gasteiger partial charge in [-0.1, -0.05) is 26.8 Å². The Hall–Kier alpha value is -0.613. The molecule has 0 aliphatic rings. The first-order chi connectivity index (χ1) is 8.10. The molecule has 1 aromatic carbocycles. The van der Waals surface area contributed by atoms with Crippen molar-refractivity contribution in [2.45, 2.75) is 45.8 Å². The van der Waals surface area contributed by atoms with Gasteiger partial charge < -0.3 is 4.43 Å². The summed E-state index contributed by atoms with van der Waals surface area (Å²) in [6.45, 7) is 12.8.